The maximum atomic E-state index is 12.2. The number of benzene rings is 1. The molecule has 0 aromatic heterocycles. The van der Waals surface area contributed by atoms with Gasteiger partial charge in [0.05, 0.1) is 4.90 Å². The average molecular weight is 295 g/mol. The summed E-state index contributed by atoms with van der Waals surface area (Å²) in [4.78, 5) is 0.373. The minimum atomic E-state index is -3.37. The van der Waals surface area contributed by atoms with Gasteiger partial charge < -0.3 is 0 Å². The molecule has 4 heteroatoms. The summed E-state index contributed by atoms with van der Waals surface area (Å²) in [5.41, 5.74) is 1.28. The van der Waals surface area contributed by atoms with E-state index in [1.807, 2.05) is 26.0 Å². The van der Waals surface area contributed by atoms with E-state index < -0.39 is 10.0 Å². The molecule has 1 N–H and O–H groups in total. The Labute approximate surface area is 122 Å². The fourth-order valence-corrected chi connectivity index (χ4v) is 4.10. The van der Waals surface area contributed by atoms with Gasteiger partial charge in [0.2, 0.25) is 10.0 Å². The molecule has 1 atom stereocenters. The quantitative estimate of drug-likeness (QED) is 0.898. The van der Waals surface area contributed by atoms with E-state index in [1.165, 1.54) is 37.7 Å². The molecule has 2 rings (SSSR count). The van der Waals surface area contributed by atoms with Crippen molar-refractivity contribution >= 4 is 10.0 Å². The van der Waals surface area contributed by atoms with E-state index in [0.29, 0.717) is 10.8 Å². The Morgan fingerprint density at radius 2 is 1.75 bits per heavy atom. The van der Waals surface area contributed by atoms with Crippen LogP contribution in [0, 0.1) is 0 Å². The van der Waals surface area contributed by atoms with Crippen LogP contribution in [-0.4, -0.2) is 14.5 Å². The lowest BCUT2D eigenvalue weighted by atomic mass is 9.84. The van der Waals surface area contributed by atoms with Gasteiger partial charge in [-0.05, 0) is 49.8 Å². The summed E-state index contributed by atoms with van der Waals surface area (Å²) >= 11 is 0. The first-order valence-corrected chi connectivity index (χ1v) is 9.13. The van der Waals surface area contributed by atoms with Crippen LogP contribution in [0.15, 0.2) is 29.2 Å². The average Bonchev–Trinajstić information content (AvgIpc) is 2.48. The van der Waals surface area contributed by atoms with Gasteiger partial charge in [0.1, 0.15) is 0 Å². The lowest BCUT2D eigenvalue weighted by Gasteiger charge is -2.22. The highest BCUT2D eigenvalue weighted by Crippen LogP contribution is 2.32. The van der Waals surface area contributed by atoms with Gasteiger partial charge in [-0.1, -0.05) is 38.3 Å². The summed E-state index contributed by atoms with van der Waals surface area (Å²) in [5.74, 6) is 0.614. The highest BCUT2D eigenvalue weighted by atomic mass is 32.2. The molecule has 0 bridgehead atoms. The Morgan fingerprint density at radius 3 is 2.30 bits per heavy atom. The normalized spacial score (nSPS) is 18.9. The number of hydrogen-bond acceptors (Lipinski definition) is 2. The van der Waals surface area contributed by atoms with Gasteiger partial charge in [0.15, 0.2) is 0 Å². The minimum Gasteiger partial charge on any atom is -0.208 e. The van der Waals surface area contributed by atoms with Crippen molar-refractivity contribution in [3.63, 3.8) is 0 Å². The highest BCUT2D eigenvalue weighted by Gasteiger charge is 2.19. The van der Waals surface area contributed by atoms with Crippen LogP contribution in [0.1, 0.15) is 63.9 Å². The zero-order valence-electron chi connectivity index (χ0n) is 12.4. The van der Waals surface area contributed by atoms with E-state index in [1.54, 1.807) is 12.1 Å². The van der Waals surface area contributed by atoms with Gasteiger partial charge >= 0.3 is 0 Å². The van der Waals surface area contributed by atoms with Gasteiger partial charge in [-0.2, -0.15) is 0 Å². The van der Waals surface area contributed by atoms with Crippen molar-refractivity contribution in [1.82, 2.24) is 4.72 Å². The van der Waals surface area contributed by atoms with Gasteiger partial charge in [0.25, 0.3) is 0 Å². The Hall–Kier alpha value is -0.870. The molecule has 0 saturated heterocycles. The fraction of sp³-hybridized carbons (Fsp3) is 0.625. The lowest BCUT2D eigenvalue weighted by molar-refractivity contribution is 0.443. The van der Waals surface area contributed by atoms with E-state index in [2.05, 4.69) is 4.72 Å². The molecule has 20 heavy (non-hydrogen) atoms. The lowest BCUT2D eigenvalue weighted by Crippen LogP contribution is -2.31. The predicted octanol–water partition coefficient (Wildman–Crippen LogP) is 3.81. The van der Waals surface area contributed by atoms with Crippen LogP contribution in [0.3, 0.4) is 0 Å². The summed E-state index contributed by atoms with van der Waals surface area (Å²) in [6.45, 7) is 3.85. The minimum absolute atomic E-state index is 0.0296. The van der Waals surface area contributed by atoms with Gasteiger partial charge in [-0.25, -0.2) is 13.1 Å². The van der Waals surface area contributed by atoms with Crippen molar-refractivity contribution in [1.29, 1.82) is 0 Å². The first kappa shape index (κ1) is 15.5. The molecule has 1 aliphatic rings. The van der Waals surface area contributed by atoms with Crippen molar-refractivity contribution in [3.8, 4) is 0 Å². The first-order valence-electron chi connectivity index (χ1n) is 7.65. The van der Waals surface area contributed by atoms with Gasteiger partial charge in [-0.3, -0.25) is 0 Å². The van der Waals surface area contributed by atoms with Crippen molar-refractivity contribution in [2.24, 2.45) is 0 Å². The Balaban J connectivity index is 2.11. The highest BCUT2D eigenvalue weighted by molar-refractivity contribution is 7.89. The van der Waals surface area contributed by atoms with E-state index in [-0.39, 0.29) is 6.04 Å². The van der Waals surface area contributed by atoms with Crippen LogP contribution in [-0.2, 0) is 10.0 Å². The van der Waals surface area contributed by atoms with E-state index in [0.717, 1.165) is 6.42 Å². The topological polar surface area (TPSA) is 46.2 Å². The van der Waals surface area contributed by atoms with E-state index >= 15 is 0 Å². The van der Waals surface area contributed by atoms with Crippen molar-refractivity contribution in [2.45, 2.75) is 69.2 Å². The van der Waals surface area contributed by atoms with Crippen LogP contribution < -0.4 is 4.72 Å². The molecule has 3 nitrogen and oxygen atoms in total. The maximum Gasteiger partial charge on any atom is 0.240 e. The molecule has 0 heterocycles. The smallest absolute Gasteiger partial charge is 0.208 e. The molecule has 0 unspecified atom stereocenters. The molecular weight excluding hydrogens is 270 g/mol. The number of sulfonamides is 1. The Kier molecular flexibility index (Phi) is 5.22. The molecule has 0 spiro atoms. The van der Waals surface area contributed by atoms with Gasteiger partial charge in [0, 0.05) is 6.04 Å². The van der Waals surface area contributed by atoms with Gasteiger partial charge in [-0.15, -0.1) is 0 Å². The molecule has 112 valence electrons. The third-order valence-corrected chi connectivity index (χ3v) is 5.84. The van der Waals surface area contributed by atoms with E-state index in [9.17, 15) is 8.42 Å². The van der Waals surface area contributed by atoms with Crippen LogP contribution in [0.25, 0.3) is 0 Å². The summed E-state index contributed by atoms with van der Waals surface area (Å²) < 4.78 is 27.0. The SMILES string of the molecule is CC[C@@H](C)NS(=O)(=O)c1ccc(C2CCCCC2)cc1. The molecule has 1 aliphatic carbocycles. The second-order valence-electron chi connectivity index (χ2n) is 5.83. The Morgan fingerprint density at radius 1 is 1.15 bits per heavy atom. The summed E-state index contributed by atoms with van der Waals surface area (Å²) in [7, 11) is -3.37. The van der Waals surface area contributed by atoms with Crippen molar-refractivity contribution < 1.29 is 8.42 Å². The van der Waals surface area contributed by atoms with Crippen LogP contribution in [0.5, 0.6) is 0 Å². The molecule has 0 aliphatic heterocycles. The molecule has 1 aromatic carbocycles. The zero-order valence-corrected chi connectivity index (χ0v) is 13.2. The fourth-order valence-electron chi connectivity index (χ4n) is 2.77. The summed E-state index contributed by atoms with van der Waals surface area (Å²) in [5, 5.41) is 0. The summed E-state index contributed by atoms with van der Waals surface area (Å²) in [6.07, 6.45) is 7.18. The van der Waals surface area contributed by atoms with Crippen LogP contribution in [0.2, 0.25) is 0 Å². The van der Waals surface area contributed by atoms with Crippen molar-refractivity contribution in [3.05, 3.63) is 29.8 Å². The number of rotatable bonds is 5. The molecule has 1 aromatic rings. The first-order chi connectivity index (χ1) is 9.53. The summed E-state index contributed by atoms with van der Waals surface area (Å²) in [6, 6.07) is 7.43. The molecule has 0 radical (unpaired) electrons. The monoisotopic (exact) mass is 295 g/mol. The maximum absolute atomic E-state index is 12.2. The number of hydrogen-bond donors (Lipinski definition) is 1. The van der Waals surface area contributed by atoms with Crippen LogP contribution in [0.4, 0.5) is 0 Å². The third-order valence-electron chi connectivity index (χ3n) is 4.24. The second kappa shape index (κ2) is 6.72. The molecular formula is C16H25NO2S. The standard InChI is InChI=1S/C16H25NO2S/c1-3-13(2)17-20(18,19)16-11-9-15(10-12-16)14-7-5-4-6-8-14/h9-14,17H,3-8H2,1-2H3/t13-/m1/s1. The second-order valence-corrected chi connectivity index (χ2v) is 7.55. The zero-order chi connectivity index (χ0) is 14.6. The molecule has 1 fully saturated rings. The predicted molar refractivity (Wildman–Crippen MR) is 82.3 cm³/mol. The third kappa shape index (κ3) is 3.83. The Bertz CT molecular complexity index is 516. The van der Waals surface area contributed by atoms with Crippen molar-refractivity contribution in [2.75, 3.05) is 0 Å². The van der Waals surface area contributed by atoms with E-state index in [4.69, 9.17) is 0 Å². The van der Waals surface area contributed by atoms with Crippen LogP contribution >= 0.6 is 0 Å². The largest absolute Gasteiger partial charge is 0.240 e. The molecule has 1 saturated carbocycles. The molecule has 0 amide bonds. The number of nitrogens with one attached hydrogen (secondary N) is 1.